The van der Waals surface area contributed by atoms with Gasteiger partial charge in [0, 0.05) is 6.42 Å². The SMILES string of the molecule is C=C/C=C(\CC)Oc1c(C)cc(F)cc1C. The van der Waals surface area contributed by atoms with Gasteiger partial charge < -0.3 is 4.74 Å². The number of allylic oxidation sites excluding steroid dienone is 3. The summed E-state index contributed by atoms with van der Waals surface area (Å²) in [4.78, 5) is 0. The quantitative estimate of drug-likeness (QED) is 0.543. The molecule has 0 N–H and O–H groups in total. The van der Waals surface area contributed by atoms with Crippen LogP contribution in [0.3, 0.4) is 0 Å². The molecule has 1 nitrogen and oxygen atoms in total. The minimum atomic E-state index is -0.229. The molecule has 0 bridgehead atoms. The summed E-state index contributed by atoms with van der Waals surface area (Å²) in [6.07, 6.45) is 4.29. The Morgan fingerprint density at radius 1 is 1.38 bits per heavy atom. The number of ether oxygens (including phenoxy) is 1. The second-order valence-electron chi connectivity index (χ2n) is 3.69. The van der Waals surface area contributed by atoms with Crippen molar-refractivity contribution in [3.8, 4) is 5.75 Å². The Labute approximate surface area is 96.3 Å². The Morgan fingerprint density at radius 2 is 1.94 bits per heavy atom. The minimum Gasteiger partial charge on any atom is -0.461 e. The van der Waals surface area contributed by atoms with Crippen LogP contribution in [0.4, 0.5) is 4.39 Å². The highest BCUT2D eigenvalue weighted by Crippen LogP contribution is 2.26. The van der Waals surface area contributed by atoms with E-state index in [0.29, 0.717) is 0 Å². The predicted octanol–water partition coefficient (Wildman–Crippen LogP) is 4.30. The van der Waals surface area contributed by atoms with Crippen LogP contribution in [0.5, 0.6) is 5.75 Å². The molecule has 0 heterocycles. The second-order valence-corrected chi connectivity index (χ2v) is 3.69. The number of rotatable bonds is 4. The molecule has 0 radical (unpaired) electrons. The molecule has 86 valence electrons. The first-order valence-electron chi connectivity index (χ1n) is 5.34. The number of hydrogen-bond donors (Lipinski definition) is 0. The molecule has 1 aromatic carbocycles. The third-order valence-corrected chi connectivity index (χ3v) is 2.31. The lowest BCUT2D eigenvalue weighted by atomic mass is 10.1. The van der Waals surface area contributed by atoms with Crippen LogP contribution in [0.2, 0.25) is 0 Å². The highest BCUT2D eigenvalue weighted by atomic mass is 19.1. The molecule has 0 aliphatic carbocycles. The lowest BCUT2D eigenvalue weighted by Crippen LogP contribution is -1.98. The number of aryl methyl sites for hydroxylation is 2. The first-order valence-corrected chi connectivity index (χ1v) is 5.34. The lowest BCUT2D eigenvalue weighted by Gasteiger charge is -2.13. The van der Waals surface area contributed by atoms with Gasteiger partial charge in [0.1, 0.15) is 17.3 Å². The number of halogens is 1. The van der Waals surface area contributed by atoms with Crippen LogP contribution >= 0.6 is 0 Å². The lowest BCUT2D eigenvalue weighted by molar-refractivity contribution is 0.402. The van der Waals surface area contributed by atoms with Gasteiger partial charge in [-0.25, -0.2) is 4.39 Å². The number of hydrogen-bond acceptors (Lipinski definition) is 1. The summed E-state index contributed by atoms with van der Waals surface area (Å²) in [5.41, 5.74) is 1.61. The van der Waals surface area contributed by atoms with Crippen molar-refractivity contribution in [2.24, 2.45) is 0 Å². The van der Waals surface area contributed by atoms with Crippen LogP contribution in [-0.2, 0) is 0 Å². The van der Waals surface area contributed by atoms with Crippen LogP contribution in [-0.4, -0.2) is 0 Å². The van der Waals surface area contributed by atoms with Gasteiger partial charge in [0.25, 0.3) is 0 Å². The van der Waals surface area contributed by atoms with Gasteiger partial charge in [-0.15, -0.1) is 0 Å². The van der Waals surface area contributed by atoms with Crippen molar-refractivity contribution >= 4 is 0 Å². The summed E-state index contributed by atoms with van der Waals surface area (Å²) in [7, 11) is 0. The van der Waals surface area contributed by atoms with Crippen LogP contribution in [0.25, 0.3) is 0 Å². The van der Waals surface area contributed by atoms with Crippen molar-refractivity contribution in [2.45, 2.75) is 27.2 Å². The van der Waals surface area contributed by atoms with Gasteiger partial charge in [0.05, 0.1) is 0 Å². The fourth-order valence-electron chi connectivity index (χ4n) is 1.54. The van der Waals surface area contributed by atoms with Gasteiger partial charge in [-0.1, -0.05) is 19.6 Å². The van der Waals surface area contributed by atoms with Crippen molar-refractivity contribution in [1.29, 1.82) is 0 Å². The van der Waals surface area contributed by atoms with Gasteiger partial charge in [-0.05, 0) is 43.2 Å². The van der Waals surface area contributed by atoms with E-state index < -0.39 is 0 Å². The van der Waals surface area contributed by atoms with E-state index in [1.165, 1.54) is 12.1 Å². The molecule has 0 aliphatic heterocycles. The third-order valence-electron chi connectivity index (χ3n) is 2.31. The molecular formula is C14H17FO. The standard InChI is InChI=1S/C14H17FO/c1-5-7-13(6-2)16-14-10(3)8-12(15)9-11(14)4/h5,7-9H,1,6H2,2-4H3/b13-7+. The molecule has 0 amide bonds. The van der Waals surface area contributed by atoms with Gasteiger partial charge in [0.2, 0.25) is 0 Å². The maximum Gasteiger partial charge on any atom is 0.132 e. The van der Waals surface area contributed by atoms with Gasteiger partial charge in [-0.2, -0.15) is 0 Å². The molecule has 0 spiro atoms. The molecule has 1 aromatic rings. The molecule has 1 rings (SSSR count). The van der Waals surface area contributed by atoms with Crippen LogP contribution < -0.4 is 4.74 Å². The van der Waals surface area contributed by atoms with E-state index >= 15 is 0 Å². The van der Waals surface area contributed by atoms with E-state index in [0.717, 1.165) is 29.1 Å². The highest BCUT2D eigenvalue weighted by Gasteiger charge is 2.07. The highest BCUT2D eigenvalue weighted by molar-refractivity contribution is 5.41. The average molecular weight is 220 g/mol. The van der Waals surface area contributed by atoms with Crippen molar-refractivity contribution in [3.63, 3.8) is 0 Å². The summed E-state index contributed by atoms with van der Waals surface area (Å²) >= 11 is 0. The first kappa shape index (κ1) is 12.5. The van der Waals surface area contributed by atoms with Crippen molar-refractivity contribution in [1.82, 2.24) is 0 Å². The zero-order valence-electron chi connectivity index (χ0n) is 10.0. The Hall–Kier alpha value is -1.57. The summed E-state index contributed by atoms with van der Waals surface area (Å²) in [6.45, 7) is 9.32. The Balaban J connectivity index is 3.05. The van der Waals surface area contributed by atoms with E-state index in [2.05, 4.69) is 6.58 Å². The van der Waals surface area contributed by atoms with Gasteiger partial charge >= 0.3 is 0 Å². The fourth-order valence-corrected chi connectivity index (χ4v) is 1.54. The van der Waals surface area contributed by atoms with Gasteiger partial charge in [-0.3, -0.25) is 0 Å². The summed E-state index contributed by atoms with van der Waals surface area (Å²) < 4.78 is 18.8. The van der Waals surface area contributed by atoms with Crippen LogP contribution in [0, 0.1) is 19.7 Å². The molecule has 0 aliphatic rings. The topological polar surface area (TPSA) is 9.23 Å². The first-order chi connectivity index (χ1) is 7.58. The van der Waals surface area contributed by atoms with E-state index in [1.54, 1.807) is 6.08 Å². The molecule has 0 unspecified atom stereocenters. The normalized spacial score (nSPS) is 11.4. The minimum absolute atomic E-state index is 0.229. The predicted molar refractivity (Wildman–Crippen MR) is 65.1 cm³/mol. The monoisotopic (exact) mass is 220 g/mol. The Morgan fingerprint density at radius 3 is 2.38 bits per heavy atom. The molecule has 16 heavy (non-hydrogen) atoms. The molecule has 0 saturated carbocycles. The number of benzene rings is 1. The van der Waals surface area contributed by atoms with Crippen LogP contribution in [0.15, 0.2) is 36.6 Å². The van der Waals surface area contributed by atoms with E-state index in [-0.39, 0.29) is 5.82 Å². The largest absolute Gasteiger partial charge is 0.461 e. The Bertz CT molecular complexity index is 396. The fraction of sp³-hybridized carbons (Fsp3) is 0.286. The molecule has 0 fully saturated rings. The smallest absolute Gasteiger partial charge is 0.132 e. The zero-order chi connectivity index (χ0) is 12.1. The molecule has 2 heteroatoms. The summed E-state index contributed by atoms with van der Waals surface area (Å²) in [5.74, 6) is 1.33. The second kappa shape index (κ2) is 5.50. The summed E-state index contributed by atoms with van der Waals surface area (Å²) in [6, 6.07) is 2.95. The summed E-state index contributed by atoms with van der Waals surface area (Å²) in [5, 5.41) is 0. The Kier molecular flexibility index (Phi) is 4.29. The maximum atomic E-state index is 13.1. The molecule has 0 saturated heterocycles. The zero-order valence-corrected chi connectivity index (χ0v) is 10.0. The van der Waals surface area contributed by atoms with Crippen molar-refractivity contribution in [3.05, 3.63) is 53.6 Å². The third kappa shape index (κ3) is 2.96. The van der Waals surface area contributed by atoms with E-state index in [1.807, 2.05) is 26.8 Å². The van der Waals surface area contributed by atoms with Crippen LogP contribution in [0.1, 0.15) is 24.5 Å². The van der Waals surface area contributed by atoms with Gasteiger partial charge in [0.15, 0.2) is 0 Å². The van der Waals surface area contributed by atoms with Crippen molar-refractivity contribution < 1.29 is 9.13 Å². The average Bonchev–Trinajstić information content (AvgIpc) is 2.21. The molecule has 0 aromatic heterocycles. The van der Waals surface area contributed by atoms with E-state index in [9.17, 15) is 4.39 Å². The molecular weight excluding hydrogens is 203 g/mol. The van der Waals surface area contributed by atoms with E-state index in [4.69, 9.17) is 4.74 Å². The molecule has 0 atom stereocenters. The van der Waals surface area contributed by atoms with Crippen molar-refractivity contribution in [2.75, 3.05) is 0 Å². The maximum absolute atomic E-state index is 13.1.